The Morgan fingerprint density at radius 3 is 2.53 bits per heavy atom. The zero-order chi connectivity index (χ0) is 21.3. The van der Waals surface area contributed by atoms with E-state index in [0.29, 0.717) is 18.2 Å². The second kappa shape index (κ2) is 11.1. The molecule has 1 fully saturated rings. The molecule has 2 N–H and O–H groups in total. The molecule has 1 aromatic heterocycles. The molecule has 1 aliphatic heterocycles. The van der Waals surface area contributed by atoms with E-state index in [4.69, 9.17) is 0 Å². The van der Waals surface area contributed by atoms with E-state index < -0.39 is 11.3 Å². The SMILES string of the molecule is CCNC(=O)NC(=O)C(C)Sc1nnc(CN2CCCCC2)n1Cc1ccccc1. The number of urea groups is 1. The van der Waals surface area contributed by atoms with Crippen LogP contribution in [0.3, 0.4) is 0 Å². The third-order valence-electron chi connectivity index (χ3n) is 5.02. The van der Waals surface area contributed by atoms with Gasteiger partial charge in [-0.2, -0.15) is 0 Å². The van der Waals surface area contributed by atoms with Crippen LogP contribution in [0.5, 0.6) is 0 Å². The van der Waals surface area contributed by atoms with Gasteiger partial charge in [0.15, 0.2) is 5.16 Å². The van der Waals surface area contributed by atoms with E-state index in [1.54, 1.807) is 13.8 Å². The summed E-state index contributed by atoms with van der Waals surface area (Å²) in [5, 5.41) is 14.0. The molecule has 8 nitrogen and oxygen atoms in total. The summed E-state index contributed by atoms with van der Waals surface area (Å²) in [4.78, 5) is 26.4. The molecule has 9 heteroatoms. The maximum Gasteiger partial charge on any atom is 0.321 e. The molecule has 1 unspecified atom stereocenters. The molecule has 1 saturated heterocycles. The molecule has 0 radical (unpaired) electrons. The average molecular weight is 431 g/mol. The quantitative estimate of drug-likeness (QED) is 0.626. The van der Waals surface area contributed by atoms with Crippen LogP contribution >= 0.6 is 11.8 Å². The van der Waals surface area contributed by atoms with Crippen LogP contribution in [0.1, 0.15) is 44.5 Å². The summed E-state index contributed by atoms with van der Waals surface area (Å²) >= 11 is 1.32. The second-order valence-electron chi connectivity index (χ2n) is 7.42. The molecule has 162 valence electrons. The van der Waals surface area contributed by atoms with Gasteiger partial charge < -0.3 is 9.88 Å². The van der Waals surface area contributed by atoms with Crippen molar-refractivity contribution in [3.63, 3.8) is 0 Å². The predicted molar refractivity (Wildman–Crippen MR) is 117 cm³/mol. The number of imide groups is 1. The van der Waals surface area contributed by atoms with Crippen molar-refractivity contribution in [1.29, 1.82) is 0 Å². The zero-order valence-electron chi connectivity index (χ0n) is 17.6. The number of carbonyl (C=O) groups is 2. The molecule has 3 amide bonds. The summed E-state index contributed by atoms with van der Waals surface area (Å²) in [5.74, 6) is 0.553. The predicted octanol–water partition coefficient (Wildman–Crippen LogP) is 2.64. The van der Waals surface area contributed by atoms with Gasteiger partial charge >= 0.3 is 6.03 Å². The van der Waals surface area contributed by atoms with Crippen LogP contribution in [0.15, 0.2) is 35.5 Å². The van der Waals surface area contributed by atoms with Gasteiger partial charge in [0.2, 0.25) is 5.91 Å². The zero-order valence-corrected chi connectivity index (χ0v) is 18.5. The topological polar surface area (TPSA) is 92.2 Å². The number of amides is 3. The molecule has 1 atom stereocenters. The first-order valence-corrected chi connectivity index (χ1v) is 11.4. The van der Waals surface area contributed by atoms with Crippen LogP contribution in [0.25, 0.3) is 0 Å². The Hall–Kier alpha value is -2.39. The van der Waals surface area contributed by atoms with Crippen molar-refractivity contribution in [3.8, 4) is 0 Å². The minimum atomic E-state index is -0.480. The lowest BCUT2D eigenvalue weighted by molar-refractivity contribution is -0.119. The largest absolute Gasteiger partial charge is 0.338 e. The monoisotopic (exact) mass is 430 g/mol. The van der Waals surface area contributed by atoms with Crippen molar-refractivity contribution in [1.82, 2.24) is 30.3 Å². The number of hydrogen-bond acceptors (Lipinski definition) is 6. The second-order valence-corrected chi connectivity index (χ2v) is 8.72. The Morgan fingerprint density at radius 1 is 1.10 bits per heavy atom. The van der Waals surface area contributed by atoms with Gasteiger partial charge in [-0.3, -0.25) is 15.0 Å². The maximum atomic E-state index is 12.4. The highest BCUT2D eigenvalue weighted by atomic mass is 32.2. The first-order chi connectivity index (χ1) is 14.6. The van der Waals surface area contributed by atoms with E-state index in [1.165, 1.54) is 31.0 Å². The van der Waals surface area contributed by atoms with Gasteiger partial charge in [0.25, 0.3) is 0 Å². The van der Waals surface area contributed by atoms with Gasteiger partial charge in [-0.1, -0.05) is 48.5 Å². The fourth-order valence-corrected chi connectivity index (χ4v) is 4.26. The Labute approximate surface area is 181 Å². The lowest BCUT2D eigenvalue weighted by Gasteiger charge is -2.26. The molecular formula is C21H30N6O2S. The van der Waals surface area contributed by atoms with E-state index in [0.717, 1.165) is 31.0 Å². The fraction of sp³-hybridized carbons (Fsp3) is 0.524. The van der Waals surface area contributed by atoms with Crippen molar-refractivity contribution >= 4 is 23.7 Å². The Kier molecular flexibility index (Phi) is 8.27. The summed E-state index contributed by atoms with van der Waals surface area (Å²) in [6.45, 7) is 7.58. The minimum absolute atomic E-state index is 0.349. The minimum Gasteiger partial charge on any atom is -0.338 e. The first kappa shape index (κ1) is 22.3. The summed E-state index contributed by atoms with van der Waals surface area (Å²) in [7, 11) is 0. The maximum absolute atomic E-state index is 12.4. The highest BCUT2D eigenvalue weighted by molar-refractivity contribution is 8.00. The lowest BCUT2D eigenvalue weighted by Crippen LogP contribution is -2.42. The van der Waals surface area contributed by atoms with Crippen LogP contribution in [-0.2, 0) is 17.9 Å². The Bertz CT molecular complexity index is 835. The van der Waals surface area contributed by atoms with Gasteiger partial charge in [0.1, 0.15) is 5.82 Å². The van der Waals surface area contributed by atoms with Crippen molar-refractivity contribution in [2.24, 2.45) is 0 Å². The third kappa shape index (κ3) is 6.30. The number of benzene rings is 1. The molecule has 30 heavy (non-hydrogen) atoms. The highest BCUT2D eigenvalue weighted by Crippen LogP contribution is 2.24. The average Bonchev–Trinajstić information content (AvgIpc) is 3.10. The summed E-state index contributed by atoms with van der Waals surface area (Å²) in [6, 6.07) is 9.69. The Balaban J connectivity index is 1.75. The van der Waals surface area contributed by atoms with Crippen molar-refractivity contribution in [2.75, 3.05) is 19.6 Å². The number of nitrogens with zero attached hydrogens (tertiary/aromatic N) is 4. The molecule has 1 aliphatic rings. The number of hydrogen-bond donors (Lipinski definition) is 2. The van der Waals surface area contributed by atoms with Gasteiger partial charge in [-0.15, -0.1) is 10.2 Å². The number of carbonyl (C=O) groups excluding carboxylic acids is 2. The van der Waals surface area contributed by atoms with Gasteiger partial charge in [0.05, 0.1) is 18.3 Å². The van der Waals surface area contributed by atoms with E-state index in [1.807, 2.05) is 18.2 Å². The van der Waals surface area contributed by atoms with Gasteiger partial charge in [-0.05, 0) is 45.3 Å². The van der Waals surface area contributed by atoms with Gasteiger partial charge in [-0.25, -0.2) is 4.79 Å². The number of rotatable bonds is 8. The molecule has 1 aromatic carbocycles. The van der Waals surface area contributed by atoms with E-state index in [9.17, 15) is 9.59 Å². The summed E-state index contributed by atoms with van der Waals surface area (Å²) in [5.41, 5.74) is 1.15. The fourth-order valence-electron chi connectivity index (χ4n) is 3.40. The van der Waals surface area contributed by atoms with E-state index in [2.05, 4.69) is 42.4 Å². The first-order valence-electron chi connectivity index (χ1n) is 10.5. The van der Waals surface area contributed by atoms with Crippen LogP contribution < -0.4 is 10.6 Å². The lowest BCUT2D eigenvalue weighted by atomic mass is 10.1. The van der Waals surface area contributed by atoms with Crippen LogP contribution in [0.2, 0.25) is 0 Å². The highest BCUT2D eigenvalue weighted by Gasteiger charge is 2.23. The molecule has 0 bridgehead atoms. The van der Waals surface area contributed by atoms with Crippen molar-refractivity contribution < 1.29 is 9.59 Å². The summed E-state index contributed by atoms with van der Waals surface area (Å²) < 4.78 is 2.09. The number of aromatic nitrogens is 3. The standard InChI is InChI=1S/C21H30N6O2S/c1-3-22-20(29)23-19(28)16(2)30-21-25-24-18(15-26-12-8-5-9-13-26)27(21)14-17-10-6-4-7-11-17/h4,6-7,10-11,16H,3,5,8-9,12-15H2,1-2H3,(H2,22,23,28,29). The smallest absolute Gasteiger partial charge is 0.321 e. The summed E-state index contributed by atoms with van der Waals surface area (Å²) in [6.07, 6.45) is 3.71. The van der Waals surface area contributed by atoms with Crippen LogP contribution in [0, 0.1) is 0 Å². The molecular weight excluding hydrogens is 400 g/mol. The number of thioether (sulfide) groups is 1. The molecule has 2 aromatic rings. The number of nitrogens with one attached hydrogen (secondary N) is 2. The van der Waals surface area contributed by atoms with E-state index in [-0.39, 0.29) is 5.91 Å². The molecule has 0 spiro atoms. The molecule has 3 rings (SSSR count). The number of piperidine rings is 1. The molecule has 0 saturated carbocycles. The third-order valence-corrected chi connectivity index (χ3v) is 6.10. The Morgan fingerprint density at radius 2 is 1.83 bits per heavy atom. The number of likely N-dealkylation sites (tertiary alicyclic amines) is 1. The molecule has 0 aliphatic carbocycles. The van der Waals surface area contributed by atoms with E-state index >= 15 is 0 Å². The van der Waals surface area contributed by atoms with Crippen molar-refractivity contribution in [2.45, 2.75) is 56.6 Å². The van der Waals surface area contributed by atoms with Crippen LogP contribution in [-0.4, -0.2) is 56.5 Å². The van der Waals surface area contributed by atoms with Crippen LogP contribution in [0.4, 0.5) is 4.79 Å². The van der Waals surface area contributed by atoms with Crippen molar-refractivity contribution in [3.05, 3.63) is 41.7 Å². The van der Waals surface area contributed by atoms with Gasteiger partial charge in [0, 0.05) is 6.54 Å². The normalized spacial score (nSPS) is 15.5. The molecule has 2 heterocycles.